The van der Waals surface area contributed by atoms with Gasteiger partial charge in [-0.2, -0.15) is 5.10 Å². The van der Waals surface area contributed by atoms with Gasteiger partial charge in [0.25, 0.3) is 5.91 Å². The number of pyridine rings is 1. The van der Waals surface area contributed by atoms with Crippen LogP contribution in [0.3, 0.4) is 0 Å². The molecule has 112 valence electrons. The normalized spacial score (nSPS) is 21.9. The second kappa shape index (κ2) is 5.44. The van der Waals surface area contributed by atoms with Gasteiger partial charge in [-0.3, -0.25) is 9.48 Å². The van der Waals surface area contributed by atoms with Crippen molar-refractivity contribution < 1.29 is 9.90 Å². The minimum atomic E-state index is -0.206. The number of fused-ring (bicyclic) bond motifs is 1. The van der Waals surface area contributed by atoms with Crippen LogP contribution in [0.15, 0.2) is 12.3 Å². The first-order valence-corrected chi connectivity index (χ1v) is 7.30. The van der Waals surface area contributed by atoms with Gasteiger partial charge in [0.05, 0.1) is 17.4 Å². The average molecular weight is 288 g/mol. The predicted molar refractivity (Wildman–Crippen MR) is 78.9 cm³/mol. The third-order valence-electron chi connectivity index (χ3n) is 4.19. The molecule has 2 aromatic rings. The second-order valence-corrected chi connectivity index (χ2v) is 5.85. The molecule has 3 rings (SSSR count). The lowest BCUT2D eigenvalue weighted by Crippen LogP contribution is -2.28. The molecular weight excluding hydrogens is 268 g/mol. The smallest absolute Gasteiger partial charge is 0.252 e. The molecule has 6 nitrogen and oxygen atoms in total. The number of aromatic nitrogens is 3. The number of hydrogen-bond acceptors (Lipinski definition) is 4. The van der Waals surface area contributed by atoms with Crippen LogP contribution in [0.25, 0.3) is 11.0 Å². The highest BCUT2D eigenvalue weighted by molar-refractivity contribution is 5.97. The summed E-state index contributed by atoms with van der Waals surface area (Å²) in [5.41, 5.74) is 2.20. The summed E-state index contributed by atoms with van der Waals surface area (Å²) in [6.07, 6.45) is 3.97. The Morgan fingerprint density at radius 3 is 3.05 bits per heavy atom. The topological polar surface area (TPSA) is 80.0 Å². The SMILES string of the molecule is Cc1nn(C)c2ncc(C(=O)NCC3CCC(O)C3)cc12. The Bertz CT molecular complexity index is 680. The molecule has 0 bridgehead atoms. The minimum Gasteiger partial charge on any atom is -0.393 e. The number of aliphatic hydroxyl groups excluding tert-OH is 1. The summed E-state index contributed by atoms with van der Waals surface area (Å²) in [6.45, 7) is 2.52. The second-order valence-electron chi connectivity index (χ2n) is 5.85. The molecule has 0 spiro atoms. The van der Waals surface area contributed by atoms with Crippen molar-refractivity contribution >= 4 is 16.9 Å². The van der Waals surface area contributed by atoms with E-state index < -0.39 is 0 Å². The van der Waals surface area contributed by atoms with E-state index in [0.29, 0.717) is 18.0 Å². The van der Waals surface area contributed by atoms with Crippen LogP contribution < -0.4 is 5.32 Å². The van der Waals surface area contributed by atoms with E-state index in [0.717, 1.165) is 36.0 Å². The van der Waals surface area contributed by atoms with E-state index in [-0.39, 0.29) is 12.0 Å². The summed E-state index contributed by atoms with van der Waals surface area (Å²) >= 11 is 0. The molecule has 1 aliphatic carbocycles. The van der Waals surface area contributed by atoms with E-state index in [1.165, 1.54) is 0 Å². The first kappa shape index (κ1) is 14.0. The Morgan fingerprint density at radius 2 is 2.33 bits per heavy atom. The van der Waals surface area contributed by atoms with Crippen LogP contribution in [0.5, 0.6) is 0 Å². The van der Waals surface area contributed by atoms with Gasteiger partial charge in [-0.25, -0.2) is 4.98 Å². The average Bonchev–Trinajstić information content (AvgIpc) is 3.00. The van der Waals surface area contributed by atoms with E-state index in [9.17, 15) is 9.90 Å². The van der Waals surface area contributed by atoms with Crippen LogP contribution >= 0.6 is 0 Å². The number of carbonyl (C=O) groups is 1. The van der Waals surface area contributed by atoms with Crippen molar-refractivity contribution in [3.63, 3.8) is 0 Å². The lowest BCUT2D eigenvalue weighted by atomic mass is 10.1. The van der Waals surface area contributed by atoms with Crippen molar-refractivity contribution in [3.8, 4) is 0 Å². The zero-order valence-electron chi connectivity index (χ0n) is 12.3. The molecular formula is C15H20N4O2. The van der Waals surface area contributed by atoms with Gasteiger partial charge in [0.15, 0.2) is 5.65 Å². The van der Waals surface area contributed by atoms with Crippen molar-refractivity contribution in [1.82, 2.24) is 20.1 Å². The number of rotatable bonds is 3. The molecule has 2 heterocycles. The fourth-order valence-electron chi connectivity index (χ4n) is 3.01. The molecule has 1 fully saturated rings. The van der Waals surface area contributed by atoms with Crippen LogP contribution in [0.2, 0.25) is 0 Å². The van der Waals surface area contributed by atoms with Gasteiger partial charge in [0.1, 0.15) is 0 Å². The number of aliphatic hydroxyl groups is 1. The highest BCUT2D eigenvalue weighted by atomic mass is 16.3. The molecule has 0 radical (unpaired) electrons. The maximum Gasteiger partial charge on any atom is 0.252 e. The quantitative estimate of drug-likeness (QED) is 0.888. The van der Waals surface area contributed by atoms with Crippen molar-refractivity contribution in [2.24, 2.45) is 13.0 Å². The van der Waals surface area contributed by atoms with Crippen molar-refractivity contribution in [3.05, 3.63) is 23.5 Å². The van der Waals surface area contributed by atoms with Gasteiger partial charge in [-0.15, -0.1) is 0 Å². The maximum absolute atomic E-state index is 12.2. The molecule has 1 saturated carbocycles. The summed E-state index contributed by atoms with van der Waals surface area (Å²) < 4.78 is 1.71. The molecule has 2 aromatic heterocycles. The molecule has 0 aliphatic heterocycles. The molecule has 2 N–H and O–H groups in total. The highest BCUT2D eigenvalue weighted by Gasteiger charge is 2.23. The Morgan fingerprint density at radius 1 is 1.52 bits per heavy atom. The third-order valence-corrected chi connectivity index (χ3v) is 4.19. The zero-order valence-corrected chi connectivity index (χ0v) is 12.3. The summed E-state index contributed by atoms with van der Waals surface area (Å²) in [5, 5.41) is 17.6. The fourth-order valence-corrected chi connectivity index (χ4v) is 3.01. The number of aryl methyl sites for hydroxylation is 2. The van der Waals surface area contributed by atoms with E-state index >= 15 is 0 Å². The molecule has 1 aliphatic rings. The zero-order chi connectivity index (χ0) is 15.0. The maximum atomic E-state index is 12.2. The standard InChI is InChI=1S/C15H20N4O2/c1-9-13-6-11(8-16-14(13)19(2)18-9)15(21)17-7-10-3-4-12(20)5-10/h6,8,10,12,20H,3-5,7H2,1-2H3,(H,17,21). The largest absolute Gasteiger partial charge is 0.393 e. The minimum absolute atomic E-state index is 0.117. The summed E-state index contributed by atoms with van der Waals surface area (Å²) in [5.74, 6) is 0.259. The monoisotopic (exact) mass is 288 g/mol. The molecule has 1 amide bonds. The van der Waals surface area contributed by atoms with Crippen LogP contribution in [0.1, 0.15) is 35.3 Å². The van der Waals surface area contributed by atoms with Gasteiger partial charge in [-0.1, -0.05) is 0 Å². The first-order valence-electron chi connectivity index (χ1n) is 7.30. The molecule has 21 heavy (non-hydrogen) atoms. The Labute approximate surface area is 123 Å². The van der Waals surface area contributed by atoms with Crippen LogP contribution in [0.4, 0.5) is 0 Å². The summed E-state index contributed by atoms with van der Waals surface area (Å²) in [6, 6.07) is 1.84. The summed E-state index contributed by atoms with van der Waals surface area (Å²) in [7, 11) is 1.84. The van der Waals surface area contributed by atoms with Crippen molar-refractivity contribution in [2.75, 3.05) is 6.54 Å². The Hall–Kier alpha value is -1.95. The third kappa shape index (κ3) is 2.76. The van der Waals surface area contributed by atoms with Gasteiger partial charge in [-0.05, 0) is 38.2 Å². The predicted octanol–water partition coefficient (Wildman–Crippen LogP) is 1.17. The van der Waals surface area contributed by atoms with E-state index in [2.05, 4.69) is 15.4 Å². The number of nitrogens with one attached hydrogen (secondary N) is 1. The Kier molecular flexibility index (Phi) is 3.63. The molecule has 6 heteroatoms. The van der Waals surface area contributed by atoms with E-state index in [1.807, 2.05) is 20.0 Å². The molecule has 0 aromatic carbocycles. The lowest BCUT2D eigenvalue weighted by molar-refractivity contribution is 0.0945. The number of nitrogens with zero attached hydrogens (tertiary/aromatic N) is 3. The van der Waals surface area contributed by atoms with Crippen LogP contribution in [0, 0.1) is 12.8 Å². The summed E-state index contributed by atoms with van der Waals surface area (Å²) in [4.78, 5) is 16.5. The van der Waals surface area contributed by atoms with E-state index in [1.54, 1.807) is 10.9 Å². The van der Waals surface area contributed by atoms with E-state index in [4.69, 9.17) is 0 Å². The van der Waals surface area contributed by atoms with Gasteiger partial charge >= 0.3 is 0 Å². The number of hydrogen-bond donors (Lipinski definition) is 2. The highest BCUT2D eigenvalue weighted by Crippen LogP contribution is 2.24. The van der Waals surface area contributed by atoms with Crippen LogP contribution in [-0.4, -0.2) is 38.4 Å². The lowest BCUT2D eigenvalue weighted by Gasteiger charge is -2.10. The van der Waals surface area contributed by atoms with Crippen molar-refractivity contribution in [2.45, 2.75) is 32.3 Å². The number of amides is 1. The Balaban J connectivity index is 1.71. The molecule has 2 unspecified atom stereocenters. The van der Waals surface area contributed by atoms with Gasteiger partial charge < -0.3 is 10.4 Å². The van der Waals surface area contributed by atoms with Crippen LogP contribution in [-0.2, 0) is 7.05 Å². The van der Waals surface area contributed by atoms with Crippen molar-refractivity contribution in [1.29, 1.82) is 0 Å². The molecule has 0 saturated heterocycles. The fraction of sp³-hybridized carbons (Fsp3) is 0.533. The van der Waals surface area contributed by atoms with Gasteiger partial charge in [0.2, 0.25) is 0 Å². The first-order chi connectivity index (χ1) is 10.0. The molecule has 2 atom stereocenters. The van der Waals surface area contributed by atoms with Gasteiger partial charge in [0, 0.05) is 25.2 Å². The number of carbonyl (C=O) groups excluding carboxylic acids is 1.